The summed E-state index contributed by atoms with van der Waals surface area (Å²) in [6.07, 6.45) is 0. The molecule has 1 amide bonds. The quantitative estimate of drug-likeness (QED) is 0.396. The summed E-state index contributed by atoms with van der Waals surface area (Å²) >= 11 is 5.33. The van der Waals surface area contributed by atoms with Gasteiger partial charge < -0.3 is 19.6 Å². The smallest absolute Gasteiger partial charge is 0.258 e. The molecule has 3 aromatic carbocycles. The Bertz CT molecular complexity index is 1260. The minimum absolute atomic E-state index is 0.174. The third-order valence-electron chi connectivity index (χ3n) is 4.80. The molecule has 156 valence electrons. The predicted molar refractivity (Wildman–Crippen MR) is 124 cm³/mol. The van der Waals surface area contributed by atoms with Crippen LogP contribution in [-0.2, 0) is 6.61 Å². The van der Waals surface area contributed by atoms with Crippen LogP contribution in [0.1, 0.15) is 16.1 Å². The summed E-state index contributed by atoms with van der Waals surface area (Å²) in [6, 6.07) is 22.1. The molecule has 0 bridgehead atoms. The third kappa shape index (κ3) is 4.42. The van der Waals surface area contributed by atoms with Gasteiger partial charge in [-0.2, -0.15) is 0 Å². The van der Waals surface area contributed by atoms with Gasteiger partial charge in [-0.3, -0.25) is 10.1 Å². The molecule has 3 N–H and O–H groups in total. The first kappa shape index (κ1) is 20.6. The zero-order chi connectivity index (χ0) is 21.8. The molecule has 1 aromatic heterocycles. The van der Waals surface area contributed by atoms with Gasteiger partial charge in [0, 0.05) is 17.3 Å². The summed E-state index contributed by atoms with van der Waals surface area (Å²) in [5, 5.41) is 16.9. The number of hydrogen-bond donors (Lipinski definition) is 3. The number of amides is 1. The Morgan fingerprint density at radius 1 is 1.06 bits per heavy atom. The van der Waals surface area contributed by atoms with Crippen molar-refractivity contribution in [3.63, 3.8) is 0 Å². The number of anilines is 1. The molecule has 0 atom stereocenters. The van der Waals surface area contributed by atoms with Gasteiger partial charge in [0.25, 0.3) is 5.91 Å². The highest BCUT2D eigenvalue weighted by atomic mass is 32.1. The second kappa shape index (κ2) is 8.99. The number of aliphatic hydroxyl groups is 1. The largest absolute Gasteiger partial charge is 0.496 e. The number of rotatable bonds is 5. The molecule has 0 radical (unpaired) electrons. The predicted octanol–water partition coefficient (Wildman–Crippen LogP) is 4.73. The molecule has 0 saturated heterocycles. The lowest BCUT2D eigenvalue weighted by Crippen LogP contribution is -2.34. The molecule has 0 spiro atoms. The highest BCUT2D eigenvalue weighted by Crippen LogP contribution is 2.33. The lowest BCUT2D eigenvalue weighted by molar-refractivity contribution is 0.0979. The number of methoxy groups -OCH3 is 1. The summed E-state index contributed by atoms with van der Waals surface area (Å²) in [5.41, 5.74) is 1.93. The monoisotopic (exact) mass is 432 g/mol. The fourth-order valence-electron chi connectivity index (χ4n) is 3.34. The summed E-state index contributed by atoms with van der Waals surface area (Å²) in [4.78, 5) is 12.8. The van der Waals surface area contributed by atoms with Gasteiger partial charge in [-0.05, 0) is 53.3 Å². The van der Waals surface area contributed by atoms with Gasteiger partial charge in [0.15, 0.2) is 5.11 Å². The molecule has 7 heteroatoms. The van der Waals surface area contributed by atoms with E-state index in [2.05, 4.69) is 10.6 Å². The van der Waals surface area contributed by atoms with Crippen LogP contribution < -0.4 is 15.4 Å². The number of fused-ring (bicyclic) bond motifs is 1. The van der Waals surface area contributed by atoms with Crippen molar-refractivity contribution in [1.82, 2.24) is 5.32 Å². The molecular formula is C24H20N2O4S. The Morgan fingerprint density at radius 2 is 1.87 bits per heavy atom. The lowest BCUT2D eigenvalue weighted by Gasteiger charge is -2.13. The first-order valence-electron chi connectivity index (χ1n) is 9.57. The molecule has 0 aliphatic heterocycles. The number of benzene rings is 3. The van der Waals surface area contributed by atoms with Crippen molar-refractivity contribution in [3.05, 3.63) is 84.1 Å². The van der Waals surface area contributed by atoms with Crippen LogP contribution in [0.25, 0.3) is 22.1 Å². The topological polar surface area (TPSA) is 83.7 Å². The molecule has 1 heterocycles. The van der Waals surface area contributed by atoms with Crippen LogP contribution in [-0.4, -0.2) is 23.2 Å². The summed E-state index contributed by atoms with van der Waals surface area (Å²) in [5.74, 6) is 1.33. The van der Waals surface area contributed by atoms with E-state index in [-0.39, 0.29) is 17.6 Å². The zero-order valence-electron chi connectivity index (χ0n) is 16.7. The van der Waals surface area contributed by atoms with Crippen LogP contribution in [0.15, 0.2) is 77.2 Å². The van der Waals surface area contributed by atoms with Crippen molar-refractivity contribution < 1.29 is 19.1 Å². The van der Waals surface area contributed by atoms with Crippen LogP contribution in [0.3, 0.4) is 0 Å². The maximum Gasteiger partial charge on any atom is 0.258 e. The van der Waals surface area contributed by atoms with E-state index in [1.165, 1.54) is 0 Å². The van der Waals surface area contributed by atoms with Gasteiger partial charge >= 0.3 is 0 Å². The second-order valence-corrected chi connectivity index (χ2v) is 7.18. The van der Waals surface area contributed by atoms with E-state index in [4.69, 9.17) is 21.4 Å². The maximum absolute atomic E-state index is 12.8. The Kier molecular flexibility index (Phi) is 5.97. The van der Waals surface area contributed by atoms with E-state index in [9.17, 15) is 9.90 Å². The minimum atomic E-state index is -0.287. The van der Waals surface area contributed by atoms with Crippen molar-refractivity contribution in [2.24, 2.45) is 0 Å². The molecule has 31 heavy (non-hydrogen) atoms. The standard InChI is InChI=1S/C24H20N2O4S/c1-29-22-13-16(9-11-20(22)21-12-10-17(14-27)30-21)25-24(31)26-23(28)19-8-4-6-15-5-2-3-7-18(15)19/h2-13,27H,14H2,1H3,(H2,25,26,28,31). The van der Waals surface area contributed by atoms with Crippen molar-refractivity contribution in [2.45, 2.75) is 6.61 Å². The normalized spacial score (nSPS) is 10.6. The number of thiocarbonyl (C=S) groups is 1. The average Bonchev–Trinajstić information content (AvgIpc) is 3.27. The SMILES string of the molecule is COc1cc(NC(=S)NC(=O)c2cccc3ccccc23)ccc1-c1ccc(CO)o1. The summed E-state index contributed by atoms with van der Waals surface area (Å²) < 4.78 is 11.1. The van der Waals surface area contributed by atoms with Crippen molar-refractivity contribution in [1.29, 1.82) is 0 Å². The number of ether oxygens (including phenoxy) is 1. The molecule has 0 fully saturated rings. The van der Waals surface area contributed by atoms with Gasteiger partial charge in [-0.1, -0.05) is 36.4 Å². The molecule has 0 aliphatic carbocycles. The molecule has 4 rings (SSSR count). The van der Waals surface area contributed by atoms with E-state index >= 15 is 0 Å². The number of carbonyl (C=O) groups is 1. The number of furan rings is 1. The molecule has 0 unspecified atom stereocenters. The van der Waals surface area contributed by atoms with Gasteiger partial charge in [-0.15, -0.1) is 0 Å². The van der Waals surface area contributed by atoms with Gasteiger partial charge in [0.05, 0.1) is 12.7 Å². The Hall–Kier alpha value is -3.68. The molecule has 4 aromatic rings. The fraction of sp³-hybridized carbons (Fsp3) is 0.0833. The Morgan fingerprint density at radius 3 is 2.65 bits per heavy atom. The van der Waals surface area contributed by atoms with Crippen molar-refractivity contribution in [2.75, 3.05) is 12.4 Å². The first-order chi connectivity index (χ1) is 15.1. The van der Waals surface area contributed by atoms with E-state index in [0.29, 0.717) is 28.5 Å². The highest BCUT2D eigenvalue weighted by Gasteiger charge is 2.14. The van der Waals surface area contributed by atoms with Crippen LogP contribution in [0.4, 0.5) is 5.69 Å². The maximum atomic E-state index is 12.8. The van der Waals surface area contributed by atoms with Crippen molar-refractivity contribution >= 4 is 39.7 Å². The third-order valence-corrected chi connectivity index (χ3v) is 5.01. The molecule has 0 saturated carbocycles. The number of aliphatic hydroxyl groups excluding tert-OH is 1. The molecular weight excluding hydrogens is 412 g/mol. The molecule has 6 nitrogen and oxygen atoms in total. The zero-order valence-corrected chi connectivity index (χ0v) is 17.5. The fourth-order valence-corrected chi connectivity index (χ4v) is 3.55. The van der Waals surface area contributed by atoms with Crippen LogP contribution >= 0.6 is 12.2 Å². The van der Waals surface area contributed by atoms with Gasteiger partial charge in [0.2, 0.25) is 0 Å². The average molecular weight is 433 g/mol. The lowest BCUT2D eigenvalue weighted by atomic mass is 10.0. The Labute approximate surface area is 184 Å². The van der Waals surface area contributed by atoms with Crippen molar-refractivity contribution in [3.8, 4) is 17.1 Å². The molecule has 0 aliphatic rings. The number of hydrogen-bond acceptors (Lipinski definition) is 5. The second-order valence-electron chi connectivity index (χ2n) is 6.77. The number of nitrogens with one attached hydrogen (secondary N) is 2. The minimum Gasteiger partial charge on any atom is -0.496 e. The van der Waals surface area contributed by atoms with E-state index in [1.54, 1.807) is 37.4 Å². The Balaban J connectivity index is 1.50. The van der Waals surface area contributed by atoms with Crippen LogP contribution in [0, 0.1) is 0 Å². The highest BCUT2D eigenvalue weighted by molar-refractivity contribution is 7.80. The van der Waals surface area contributed by atoms with E-state index < -0.39 is 0 Å². The summed E-state index contributed by atoms with van der Waals surface area (Å²) in [6.45, 7) is -0.174. The first-order valence-corrected chi connectivity index (χ1v) is 9.98. The number of carbonyl (C=O) groups excluding carboxylic acids is 1. The summed E-state index contributed by atoms with van der Waals surface area (Å²) in [7, 11) is 1.55. The van der Waals surface area contributed by atoms with E-state index in [0.717, 1.165) is 16.3 Å². The van der Waals surface area contributed by atoms with Crippen LogP contribution in [0.5, 0.6) is 5.75 Å². The van der Waals surface area contributed by atoms with Gasteiger partial charge in [-0.25, -0.2) is 0 Å². The van der Waals surface area contributed by atoms with Gasteiger partial charge in [0.1, 0.15) is 23.9 Å². The van der Waals surface area contributed by atoms with E-state index in [1.807, 2.05) is 42.5 Å². The van der Waals surface area contributed by atoms with Crippen LogP contribution in [0.2, 0.25) is 0 Å².